The van der Waals surface area contributed by atoms with Crippen LogP contribution in [0.3, 0.4) is 0 Å². The van der Waals surface area contributed by atoms with Crippen LogP contribution in [0.2, 0.25) is 0 Å². The zero-order chi connectivity index (χ0) is 15.1. The monoisotopic (exact) mass is 293 g/mol. The largest absolute Gasteiger partial charge is 0.492 e. The molecule has 0 bridgehead atoms. The van der Waals surface area contributed by atoms with Gasteiger partial charge in [-0.25, -0.2) is 5.01 Å². The fourth-order valence-electron chi connectivity index (χ4n) is 2.88. The molecule has 1 unspecified atom stereocenters. The van der Waals surface area contributed by atoms with Crippen molar-refractivity contribution in [1.82, 2.24) is 9.99 Å². The first-order valence-electron chi connectivity index (χ1n) is 7.26. The molecule has 0 fully saturated rings. The van der Waals surface area contributed by atoms with Crippen molar-refractivity contribution in [3.8, 4) is 5.75 Å². The van der Waals surface area contributed by atoms with E-state index in [1.54, 1.807) is 24.5 Å². The molecule has 3 heterocycles. The molecule has 0 radical (unpaired) electrons. The van der Waals surface area contributed by atoms with Crippen LogP contribution in [-0.4, -0.2) is 34.8 Å². The highest BCUT2D eigenvalue weighted by Gasteiger charge is 2.36. The van der Waals surface area contributed by atoms with Crippen LogP contribution in [0.25, 0.3) is 0 Å². The van der Waals surface area contributed by atoms with Crippen LogP contribution in [0.1, 0.15) is 21.5 Å². The van der Waals surface area contributed by atoms with Gasteiger partial charge in [-0.05, 0) is 31.2 Å². The Morgan fingerprint density at radius 3 is 3.09 bits per heavy atom. The standard InChI is InChI=1S/C17H15N3O2/c1-11-4-5-15-14(7-11)16-13(10-22-15)9-20(19-16)17(21)12-3-2-6-18-8-12/h2-8,13H,9-10H2,1H3. The van der Waals surface area contributed by atoms with E-state index in [2.05, 4.69) is 16.2 Å². The quantitative estimate of drug-likeness (QED) is 0.810. The molecule has 0 spiro atoms. The number of hydrogen-bond donors (Lipinski definition) is 0. The van der Waals surface area contributed by atoms with E-state index in [1.807, 2.05) is 19.1 Å². The van der Waals surface area contributed by atoms with Crippen molar-refractivity contribution in [2.75, 3.05) is 13.2 Å². The summed E-state index contributed by atoms with van der Waals surface area (Å²) in [7, 11) is 0. The van der Waals surface area contributed by atoms with E-state index in [-0.39, 0.29) is 11.8 Å². The third kappa shape index (κ3) is 2.06. The zero-order valence-electron chi connectivity index (χ0n) is 12.2. The maximum Gasteiger partial charge on any atom is 0.275 e. The van der Waals surface area contributed by atoms with Crippen molar-refractivity contribution in [2.24, 2.45) is 11.0 Å². The zero-order valence-corrected chi connectivity index (χ0v) is 12.2. The van der Waals surface area contributed by atoms with Gasteiger partial charge in [0.05, 0.1) is 30.3 Å². The number of fused-ring (bicyclic) bond motifs is 3. The van der Waals surface area contributed by atoms with Crippen LogP contribution in [0.15, 0.2) is 47.8 Å². The van der Waals surface area contributed by atoms with Gasteiger partial charge in [-0.15, -0.1) is 0 Å². The maximum absolute atomic E-state index is 12.5. The lowest BCUT2D eigenvalue weighted by molar-refractivity contribution is 0.0760. The molecule has 110 valence electrons. The lowest BCUT2D eigenvalue weighted by Gasteiger charge is -2.22. The van der Waals surface area contributed by atoms with Crippen LogP contribution in [0.5, 0.6) is 5.75 Å². The molecule has 4 rings (SSSR count). The van der Waals surface area contributed by atoms with Crippen molar-refractivity contribution < 1.29 is 9.53 Å². The molecule has 0 aliphatic carbocycles. The summed E-state index contributed by atoms with van der Waals surface area (Å²) in [5.74, 6) is 0.857. The van der Waals surface area contributed by atoms with Gasteiger partial charge in [-0.1, -0.05) is 11.6 Å². The van der Waals surface area contributed by atoms with Crippen molar-refractivity contribution in [1.29, 1.82) is 0 Å². The third-order valence-corrected chi connectivity index (χ3v) is 4.00. The van der Waals surface area contributed by atoms with Gasteiger partial charge >= 0.3 is 0 Å². The summed E-state index contributed by atoms with van der Waals surface area (Å²) >= 11 is 0. The van der Waals surface area contributed by atoms with E-state index in [1.165, 1.54) is 5.01 Å². The normalized spacial score (nSPS) is 19.0. The van der Waals surface area contributed by atoms with Crippen LogP contribution < -0.4 is 4.74 Å². The number of pyridine rings is 1. The van der Waals surface area contributed by atoms with Gasteiger partial charge in [0.2, 0.25) is 0 Å². The number of carbonyl (C=O) groups excluding carboxylic acids is 1. The summed E-state index contributed by atoms with van der Waals surface area (Å²) in [6.07, 6.45) is 3.22. The topological polar surface area (TPSA) is 54.8 Å². The first-order valence-corrected chi connectivity index (χ1v) is 7.26. The molecule has 0 saturated carbocycles. The van der Waals surface area contributed by atoms with Gasteiger partial charge < -0.3 is 4.74 Å². The number of aryl methyl sites for hydroxylation is 1. The molecule has 1 atom stereocenters. The Morgan fingerprint density at radius 1 is 1.36 bits per heavy atom. The van der Waals surface area contributed by atoms with Crippen molar-refractivity contribution in [3.63, 3.8) is 0 Å². The molecule has 2 aliphatic rings. The fraction of sp³-hybridized carbons (Fsp3) is 0.235. The Kier molecular flexibility index (Phi) is 2.92. The van der Waals surface area contributed by atoms with Gasteiger partial charge in [0.15, 0.2) is 0 Å². The average Bonchev–Trinajstić information content (AvgIpc) is 2.99. The Balaban J connectivity index is 1.69. The van der Waals surface area contributed by atoms with Crippen LogP contribution in [0, 0.1) is 12.8 Å². The summed E-state index contributed by atoms with van der Waals surface area (Å²) in [6, 6.07) is 9.57. The molecule has 22 heavy (non-hydrogen) atoms. The predicted octanol–water partition coefficient (Wildman–Crippen LogP) is 2.26. The number of rotatable bonds is 1. The van der Waals surface area contributed by atoms with E-state index in [0.717, 1.165) is 22.6 Å². The van der Waals surface area contributed by atoms with Crippen LogP contribution in [0.4, 0.5) is 0 Å². The Morgan fingerprint density at radius 2 is 2.27 bits per heavy atom. The van der Waals surface area contributed by atoms with Crippen molar-refractivity contribution >= 4 is 11.6 Å². The molecule has 2 aromatic rings. The minimum absolute atomic E-state index is 0.121. The molecule has 1 aromatic carbocycles. The van der Waals surface area contributed by atoms with E-state index in [4.69, 9.17) is 4.74 Å². The molecule has 5 heteroatoms. The Labute approximate surface area is 128 Å². The van der Waals surface area contributed by atoms with Crippen molar-refractivity contribution in [3.05, 3.63) is 59.4 Å². The number of hydrogen-bond acceptors (Lipinski definition) is 4. The molecule has 2 aliphatic heterocycles. The summed E-state index contributed by atoms with van der Waals surface area (Å²) in [6.45, 7) is 3.15. The molecular formula is C17H15N3O2. The number of carbonyl (C=O) groups is 1. The summed E-state index contributed by atoms with van der Waals surface area (Å²) in [5, 5.41) is 6.09. The second kappa shape index (κ2) is 4.94. The lowest BCUT2D eigenvalue weighted by atomic mass is 9.94. The summed E-state index contributed by atoms with van der Waals surface area (Å²) in [4.78, 5) is 16.5. The summed E-state index contributed by atoms with van der Waals surface area (Å²) in [5.41, 5.74) is 3.65. The Bertz CT molecular complexity index is 771. The second-order valence-corrected chi connectivity index (χ2v) is 5.62. The average molecular weight is 293 g/mol. The van der Waals surface area contributed by atoms with Gasteiger partial charge in [0, 0.05) is 18.0 Å². The number of hydrazone groups is 1. The van der Waals surface area contributed by atoms with E-state index in [9.17, 15) is 4.79 Å². The SMILES string of the molecule is Cc1ccc2c(c1)C1=NN(C(=O)c3cccnc3)CC1CO2. The van der Waals surface area contributed by atoms with Gasteiger partial charge in [0.1, 0.15) is 5.75 Å². The molecular weight excluding hydrogens is 278 g/mol. The third-order valence-electron chi connectivity index (χ3n) is 4.00. The molecule has 5 nitrogen and oxygen atoms in total. The number of nitrogens with zero attached hydrogens (tertiary/aromatic N) is 3. The maximum atomic E-state index is 12.5. The highest BCUT2D eigenvalue weighted by Crippen LogP contribution is 2.32. The van der Waals surface area contributed by atoms with Crippen LogP contribution in [-0.2, 0) is 0 Å². The van der Waals surface area contributed by atoms with Gasteiger partial charge in [-0.3, -0.25) is 9.78 Å². The smallest absolute Gasteiger partial charge is 0.275 e. The van der Waals surface area contributed by atoms with E-state index in [0.29, 0.717) is 18.7 Å². The number of benzene rings is 1. The fourth-order valence-corrected chi connectivity index (χ4v) is 2.88. The van der Waals surface area contributed by atoms with E-state index < -0.39 is 0 Å². The van der Waals surface area contributed by atoms with Crippen molar-refractivity contribution in [2.45, 2.75) is 6.92 Å². The van der Waals surface area contributed by atoms with E-state index >= 15 is 0 Å². The number of aromatic nitrogens is 1. The lowest BCUT2D eigenvalue weighted by Crippen LogP contribution is -2.31. The first-order chi connectivity index (χ1) is 10.7. The number of ether oxygens (including phenoxy) is 1. The number of amides is 1. The Hall–Kier alpha value is -2.69. The second-order valence-electron chi connectivity index (χ2n) is 5.62. The minimum atomic E-state index is -0.121. The predicted molar refractivity (Wildman–Crippen MR) is 82.0 cm³/mol. The first kappa shape index (κ1) is 13.0. The molecule has 1 amide bonds. The summed E-state index contributed by atoms with van der Waals surface area (Å²) < 4.78 is 5.80. The van der Waals surface area contributed by atoms with Gasteiger partial charge in [-0.2, -0.15) is 5.10 Å². The molecule has 1 aromatic heterocycles. The molecule has 0 N–H and O–H groups in total. The molecule has 0 saturated heterocycles. The van der Waals surface area contributed by atoms with Crippen LogP contribution >= 0.6 is 0 Å². The highest BCUT2D eigenvalue weighted by molar-refractivity contribution is 6.08. The highest BCUT2D eigenvalue weighted by atomic mass is 16.5. The van der Waals surface area contributed by atoms with Gasteiger partial charge in [0.25, 0.3) is 5.91 Å². The minimum Gasteiger partial charge on any atom is -0.492 e.